The maximum Gasteiger partial charge on any atom is 0.247 e. The lowest BCUT2D eigenvalue weighted by molar-refractivity contribution is -0.130. The number of hydrogen-bond donors (Lipinski definition) is 1. The number of anilines is 1. The number of rotatable bonds is 5. The molecule has 1 aromatic rings. The van der Waals surface area contributed by atoms with E-state index in [0.717, 1.165) is 0 Å². The van der Waals surface area contributed by atoms with E-state index in [1.54, 1.807) is 25.1 Å². The standard InChI is InChI=1S/C15H20N2O4/c1-4-20-11-6-7-13(21-5-2)12(8-11)17-10(3)15(19)16-9-14(17)18/h6-8,10H,4-5,9H2,1-3H3,(H,16,19). The number of nitrogens with one attached hydrogen (secondary N) is 1. The summed E-state index contributed by atoms with van der Waals surface area (Å²) >= 11 is 0. The number of amides is 2. The molecule has 2 amide bonds. The minimum Gasteiger partial charge on any atom is -0.494 e. The smallest absolute Gasteiger partial charge is 0.247 e. The van der Waals surface area contributed by atoms with Crippen LogP contribution < -0.4 is 19.7 Å². The first-order chi connectivity index (χ1) is 10.1. The van der Waals surface area contributed by atoms with Crippen LogP contribution in [0.5, 0.6) is 11.5 Å². The van der Waals surface area contributed by atoms with Gasteiger partial charge in [-0.2, -0.15) is 0 Å². The van der Waals surface area contributed by atoms with Crippen molar-refractivity contribution < 1.29 is 19.1 Å². The van der Waals surface area contributed by atoms with Crippen LogP contribution in [-0.2, 0) is 9.59 Å². The molecule has 0 saturated carbocycles. The van der Waals surface area contributed by atoms with Crippen LogP contribution in [0.3, 0.4) is 0 Å². The van der Waals surface area contributed by atoms with E-state index in [1.165, 1.54) is 4.90 Å². The molecule has 1 atom stereocenters. The summed E-state index contributed by atoms with van der Waals surface area (Å²) in [6.45, 7) is 6.44. The van der Waals surface area contributed by atoms with E-state index in [-0.39, 0.29) is 18.4 Å². The van der Waals surface area contributed by atoms with Gasteiger partial charge >= 0.3 is 0 Å². The average Bonchev–Trinajstić information content (AvgIpc) is 2.46. The second-order valence-electron chi connectivity index (χ2n) is 4.65. The van der Waals surface area contributed by atoms with Crippen LogP contribution >= 0.6 is 0 Å². The summed E-state index contributed by atoms with van der Waals surface area (Å²) in [5.74, 6) is 0.855. The topological polar surface area (TPSA) is 67.9 Å². The van der Waals surface area contributed by atoms with E-state index in [2.05, 4.69) is 5.32 Å². The third-order valence-corrected chi connectivity index (χ3v) is 3.25. The molecule has 0 aromatic heterocycles. The second-order valence-corrected chi connectivity index (χ2v) is 4.65. The van der Waals surface area contributed by atoms with Gasteiger partial charge in [0.15, 0.2) is 0 Å². The lowest BCUT2D eigenvalue weighted by atomic mass is 10.1. The quantitative estimate of drug-likeness (QED) is 0.889. The van der Waals surface area contributed by atoms with E-state index in [9.17, 15) is 9.59 Å². The van der Waals surface area contributed by atoms with Gasteiger partial charge in [0, 0.05) is 6.07 Å². The van der Waals surface area contributed by atoms with Gasteiger partial charge in [-0.3, -0.25) is 14.5 Å². The lowest BCUT2D eigenvalue weighted by Gasteiger charge is -2.33. The Hall–Kier alpha value is -2.24. The predicted octanol–water partition coefficient (Wildman–Crippen LogP) is 1.34. The molecule has 0 aliphatic carbocycles. The number of carbonyl (C=O) groups excluding carboxylic acids is 2. The van der Waals surface area contributed by atoms with E-state index < -0.39 is 6.04 Å². The molecule has 0 spiro atoms. The van der Waals surface area contributed by atoms with Gasteiger partial charge in [-0.05, 0) is 32.9 Å². The van der Waals surface area contributed by atoms with Gasteiger partial charge in [-0.25, -0.2) is 0 Å². The Labute approximate surface area is 124 Å². The predicted molar refractivity (Wildman–Crippen MR) is 78.7 cm³/mol. The molecule has 1 saturated heterocycles. The van der Waals surface area contributed by atoms with Crippen molar-refractivity contribution in [1.82, 2.24) is 5.32 Å². The summed E-state index contributed by atoms with van der Waals surface area (Å²) < 4.78 is 11.0. The molecule has 1 aliphatic rings. The highest BCUT2D eigenvalue weighted by Crippen LogP contribution is 2.34. The Morgan fingerprint density at radius 3 is 2.62 bits per heavy atom. The minimum absolute atomic E-state index is 0.00635. The molecule has 0 radical (unpaired) electrons. The summed E-state index contributed by atoms with van der Waals surface area (Å²) in [6, 6.07) is 4.71. The van der Waals surface area contributed by atoms with E-state index in [0.29, 0.717) is 30.4 Å². The molecule has 1 N–H and O–H groups in total. The first kappa shape index (κ1) is 15.2. The highest BCUT2D eigenvalue weighted by Gasteiger charge is 2.34. The van der Waals surface area contributed by atoms with Crippen molar-refractivity contribution in [3.63, 3.8) is 0 Å². The maximum atomic E-state index is 12.2. The van der Waals surface area contributed by atoms with E-state index in [1.807, 2.05) is 13.8 Å². The summed E-state index contributed by atoms with van der Waals surface area (Å²) in [5.41, 5.74) is 0.565. The minimum atomic E-state index is -0.581. The van der Waals surface area contributed by atoms with Crippen LogP contribution in [0.4, 0.5) is 5.69 Å². The van der Waals surface area contributed by atoms with Crippen molar-refractivity contribution in [1.29, 1.82) is 0 Å². The number of carbonyl (C=O) groups is 2. The molecule has 2 rings (SSSR count). The lowest BCUT2D eigenvalue weighted by Crippen LogP contribution is -2.57. The molecule has 1 aromatic carbocycles. The molecule has 1 aliphatic heterocycles. The van der Waals surface area contributed by atoms with E-state index >= 15 is 0 Å². The molecular formula is C15H20N2O4. The van der Waals surface area contributed by atoms with Crippen LogP contribution in [0, 0.1) is 0 Å². The molecule has 6 nitrogen and oxygen atoms in total. The molecule has 114 valence electrons. The van der Waals surface area contributed by atoms with Crippen molar-refractivity contribution in [2.24, 2.45) is 0 Å². The Morgan fingerprint density at radius 1 is 1.24 bits per heavy atom. The zero-order valence-electron chi connectivity index (χ0n) is 12.5. The van der Waals surface area contributed by atoms with Crippen LogP contribution in [0.25, 0.3) is 0 Å². The summed E-state index contributed by atoms with van der Waals surface area (Å²) in [6.07, 6.45) is 0. The second kappa shape index (κ2) is 6.47. The van der Waals surface area contributed by atoms with Gasteiger partial charge in [0.1, 0.15) is 17.5 Å². The molecule has 1 fully saturated rings. The molecule has 21 heavy (non-hydrogen) atoms. The molecule has 1 heterocycles. The van der Waals surface area contributed by atoms with Gasteiger partial charge < -0.3 is 14.8 Å². The number of benzene rings is 1. The maximum absolute atomic E-state index is 12.2. The SMILES string of the molecule is CCOc1ccc(OCC)c(N2C(=O)CNC(=O)C2C)c1. The number of hydrogen-bond acceptors (Lipinski definition) is 4. The Bertz CT molecular complexity index is 544. The van der Waals surface area contributed by atoms with Crippen LogP contribution in [0.2, 0.25) is 0 Å². The number of nitrogens with zero attached hydrogens (tertiary/aromatic N) is 1. The van der Waals surface area contributed by atoms with Crippen molar-refractivity contribution in [2.45, 2.75) is 26.8 Å². The molecule has 6 heteroatoms. The highest BCUT2D eigenvalue weighted by molar-refractivity contribution is 6.07. The van der Waals surface area contributed by atoms with Gasteiger partial charge in [0.25, 0.3) is 0 Å². The van der Waals surface area contributed by atoms with Gasteiger partial charge in [0.2, 0.25) is 11.8 Å². The fraction of sp³-hybridized carbons (Fsp3) is 0.467. The fourth-order valence-electron chi connectivity index (χ4n) is 2.29. The normalized spacial score (nSPS) is 18.4. The van der Waals surface area contributed by atoms with Gasteiger partial charge in [-0.15, -0.1) is 0 Å². The zero-order valence-corrected chi connectivity index (χ0v) is 12.5. The largest absolute Gasteiger partial charge is 0.494 e. The van der Waals surface area contributed by atoms with Gasteiger partial charge in [0.05, 0.1) is 25.4 Å². The van der Waals surface area contributed by atoms with Gasteiger partial charge in [-0.1, -0.05) is 0 Å². The van der Waals surface area contributed by atoms with Crippen molar-refractivity contribution in [3.8, 4) is 11.5 Å². The van der Waals surface area contributed by atoms with Crippen LogP contribution in [-0.4, -0.2) is 37.6 Å². The third-order valence-electron chi connectivity index (χ3n) is 3.25. The summed E-state index contributed by atoms with van der Waals surface area (Å²) in [7, 11) is 0. The number of ether oxygens (including phenoxy) is 2. The average molecular weight is 292 g/mol. The highest BCUT2D eigenvalue weighted by atomic mass is 16.5. The van der Waals surface area contributed by atoms with Crippen LogP contribution in [0.15, 0.2) is 18.2 Å². The van der Waals surface area contributed by atoms with Crippen molar-refractivity contribution in [3.05, 3.63) is 18.2 Å². The Kier molecular flexibility index (Phi) is 4.67. The summed E-state index contributed by atoms with van der Waals surface area (Å²) in [5, 5.41) is 2.57. The van der Waals surface area contributed by atoms with Crippen molar-refractivity contribution >= 4 is 17.5 Å². The third kappa shape index (κ3) is 3.09. The fourth-order valence-corrected chi connectivity index (χ4v) is 2.29. The summed E-state index contributed by atoms with van der Waals surface area (Å²) in [4.78, 5) is 25.5. The van der Waals surface area contributed by atoms with E-state index in [4.69, 9.17) is 9.47 Å². The molecular weight excluding hydrogens is 272 g/mol. The first-order valence-electron chi connectivity index (χ1n) is 7.07. The first-order valence-corrected chi connectivity index (χ1v) is 7.07. The molecule has 1 unspecified atom stereocenters. The van der Waals surface area contributed by atoms with Crippen molar-refractivity contribution in [2.75, 3.05) is 24.7 Å². The Balaban J connectivity index is 2.44. The number of piperazine rings is 1. The van der Waals surface area contributed by atoms with Crippen LogP contribution in [0.1, 0.15) is 20.8 Å². The molecule has 0 bridgehead atoms. The zero-order chi connectivity index (χ0) is 15.4. The Morgan fingerprint density at radius 2 is 1.95 bits per heavy atom. The monoisotopic (exact) mass is 292 g/mol.